The zero-order chi connectivity index (χ0) is 13.5. The molecule has 2 aromatic rings. The maximum atomic E-state index is 8.36. The quantitative estimate of drug-likeness (QED) is 0.272. The third-order valence-electron chi connectivity index (χ3n) is 2.01. The largest absolute Gasteiger partial charge is 0.384 e. The van der Waals surface area contributed by atoms with Crippen molar-refractivity contribution < 1.29 is 10.3 Å². The predicted molar refractivity (Wildman–Crippen MR) is 63.8 cm³/mol. The van der Waals surface area contributed by atoms with Gasteiger partial charge in [-0.05, 0) is 5.56 Å². The van der Waals surface area contributed by atoms with E-state index in [4.69, 9.17) is 26.5 Å². The number of rotatable bonds is 2. The first-order chi connectivity index (χ1) is 8.50. The standard InChI is InChI=1S/C10H10N4.HNO3/c11-10(12)8-3-1-7(2-4-8)9-5-13-6-14-9;2-1(3)4/h1-6H,(H3,11,12)(H,13,14);(H,2,3,4). The lowest BCUT2D eigenvalue weighted by atomic mass is 10.1. The number of aromatic nitrogens is 2. The molecule has 0 amide bonds. The number of H-pyrrole nitrogens is 1. The molecule has 1 heterocycles. The fourth-order valence-electron chi connectivity index (χ4n) is 1.24. The van der Waals surface area contributed by atoms with Gasteiger partial charge in [0.15, 0.2) is 0 Å². The van der Waals surface area contributed by atoms with Crippen LogP contribution in [0.25, 0.3) is 11.3 Å². The van der Waals surface area contributed by atoms with E-state index in [2.05, 4.69) is 9.97 Å². The zero-order valence-electron chi connectivity index (χ0n) is 9.20. The smallest absolute Gasteiger partial charge is 0.291 e. The normalized spacial score (nSPS) is 9.11. The van der Waals surface area contributed by atoms with Crippen LogP contribution in [0.3, 0.4) is 0 Å². The first-order valence-electron chi connectivity index (χ1n) is 4.77. The molecule has 18 heavy (non-hydrogen) atoms. The fraction of sp³-hybridized carbons (Fsp3) is 0. The molecule has 0 aliphatic rings. The van der Waals surface area contributed by atoms with E-state index in [1.54, 1.807) is 12.5 Å². The minimum atomic E-state index is -1.50. The molecule has 8 heteroatoms. The first-order valence-corrected chi connectivity index (χ1v) is 4.77. The minimum Gasteiger partial charge on any atom is -0.384 e. The maximum absolute atomic E-state index is 8.36. The number of amidine groups is 1. The van der Waals surface area contributed by atoms with Gasteiger partial charge in [0.1, 0.15) is 5.84 Å². The van der Waals surface area contributed by atoms with Gasteiger partial charge < -0.3 is 15.9 Å². The number of benzene rings is 1. The molecule has 0 unspecified atom stereocenters. The number of aromatic amines is 1. The lowest BCUT2D eigenvalue weighted by Gasteiger charge is -2.00. The van der Waals surface area contributed by atoms with Crippen LogP contribution in [0, 0.1) is 15.5 Å². The van der Waals surface area contributed by atoms with Gasteiger partial charge >= 0.3 is 0 Å². The van der Waals surface area contributed by atoms with Gasteiger partial charge in [0.2, 0.25) is 0 Å². The Morgan fingerprint density at radius 1 is 1.44 bits per heavy atom. The Morgan fingerprint density at radius 2 is 2.00 bits per heavy atom. The van der Waals surface area contributed by atoms with Crippen molar-refractivity contribution in [1.82, 2.24) is 9.97 Å². The summed E-state index contributed by atoms with van der Waals surface area (Å²) in [6.07, 6.45) is 3.39. The second kappa shape index (κ2) is 5.99. The highest BCUT2D eigenvalue weighted by Gasteiger charge is 1.99. The van der Waals surface area contributed by atoms with E-state index < -0.39 is 5.09 Å². The first kappa shape index (κ1) is 13.2. The topological polar surface area (TPSA) is 142 Å². The van der Waals surface area contributed by atoms with Crippen LogP contribution < -0.4 is 5.73 Å². The summed E-state index contributed by atoms with van der Waals surface area (Å²) in [6, 6.07) is 7.45. The van der Waals surface area contributed by atoms with E-state index in [9.17, 15) is 0 Å². The van der Waals surface area contributed by atoms with Gasteiger partial charge in [0.05, 0.1) is 18.2 Å². The van der Waals surface area contributed by atoms with Crippen molar-refractivity contribution >= 4 is 5.84 Å². The van der Waals surface area contributed by atoms with Gasteiger partial charge in [0, 0.05) is 5.56 Å². The van der Waals surface area contributed by atoms with Gasteiger partial charge in [-0.25, -0.2) is 4.98 Å². The summed E-state index contributed by atoms with van der Waals surface area (Å²) in [5.74, 6) is 0.0844. The van der Waals surface area contributed by atoms with Crippen molar-refractivity contribution in [3.05, 3.63) is 52.5 Å². The van der Waals surface area contributed by atoms with E-state index in [1.807, 2.05) is 24.3 Å². The van der Waals surface area contributed by atoms with E-state index >= 15 is 0 Å². The summed E-state index contributed by atoms with van der Waals surface area (Å²) in [5.41, 5.74) is 8.07. The molecule has 0 radical (unpaired) electrons. The molecule has 0 atom stereocenters. The highest BCUT2D eigenvalue weighted by molar-refractivity contribution is 5.95. The van der Waals surface area contributed by atoms with E-state index in [0.29, 0.717) is 0 Å². The molecule has 94 valence electrons. The van der Waals surface area contributed by atoms with Crippen molar-refractivity contribution in [2.24, 2.45) is 5.73 Å². The summed E-state index contributed by atoms with van der Waals surface area (Å²) < 4.78 is 0. The lowest BCUT2D eigenvalue weighted by molar-refractivity contribution is -0.742. The third kappa shape index (κ3) is 3.93. The number of hydrogen-bond acceptors (Lipinski definition) is 4. The third-order valence-corrected chi connectivity index (χ3v) is 2.01. The van der Waals surface area contributed by atoms with Crippen LogP contribution in [-0.2, 0) is 0 Å². The van der Waals surface area contributed by atoms with Crippen molar-refractivity contribution in [2.75, 3.05) is 0 Å². The molecule has 1 aromatic carbocycles. The van der Waals surface area contributed by atoms with Crippen molar-refractivity contribution in [3.63, 3.8) is 0 Å². The molecule has 2 rings (SSSR count). The van der Waals surface area contributed by atoms with Crippen molar-refractivity contribution in [3.8, 4) is 11.3 Å². The summed E-state index contributed by atoms with van der Waals surface area (Å²) >= 11 is 0. The monoisotopic (exact) mass is 249 g/mol. The number of nitrogens with two attached hydrogens (primary N) is 1. The van der Waals surface area contributed by atoms with E-state index in [0.717, 1.165) is 16.8 Å². The van der Waals surface area contributed by atoms with Crippen LogP contribution >= 0.6 is 0 Å². The molecule has 5 N–H and O–H groups in total. The molecule has 0 aliphatic heterocycles. The molecule has 1 aromatic heterocycles. The second-order valence-electron chi connectivity index (χ2n) is 3.19. The highest BCUT2D eigenvalue weighted by Crippen LogP contribution is 2.15. The lowest BCUT2D eigenvalue weighted by Crippen LogP contribution is -2.10. The molecule has 0 bridgehead atoms. The number of nitrogens with zero attached hydrogens (tertiary/aromatic N) is 2. The van der Waals surface area contributed by atoms with Crippen LogP contribution in [0.15, 0.2) is 36.8 Å². The number of hydrogen-bond donors (Lipinski definition) is 4. The molecule has 0 spiro atoms. The Bertz CT molecular complexity index is 517. The summed E-state index contributed by atoms with van der Waals surface area (Å²) in [4.78, 5) is 15.3. The summed E-state index contributed by atoms with van der Waals surface area (Å²) in [7, 11) is 0. The summed E-state index contributed by atoms with van der Waals surface area (Å²) in [5, 5.41) is 20.9. The molecule has 0 fully saturated rings. The Balaban J connectivity index is 0.000000357. The fourth-order valence-corrected chi connectivity index (χ4v) is 1.24. The van der Waals surface area contributed by atoms with E-state index in [1.165, 1.54) is 0 Å². The van der Waals surface area contributed by atoms with E-state index in [-0.39, 0.29) is 5.84 Å². The van der Waals surface area contributed by atoms with Crippen LogP contribution in [0.2, 0.25) is 0 Å². The zero-order valence-corrected chi connectivity index (χ0v) is 9.20. The van der Waals surface area contributed by atoms with Crippen molar-refractivity contribution in [2.45, 2.75) is 0 Å². The van der Waals surface area contributed by atoms with Crippen LogP contribution in [0.1, 0.15) is 5.56 Å². The number of nitrogen functional groups attached to an aromatic ring is 1. The van der Waals surface area contributed by atoms with Gasteiger partial charge in [-0.1, -0.05) is 24.3 Å². The second-order valence-corrected chi connectivity index (χ2v) is 3.19. The maximum Gasteiger partial charge on any atom is 0.291 e. The average molecular weight is 249 g/mol. The van der Waals surface area contributed by atoms with Crippen LogP contribution in [0.4, 0.5) is 0 Å². The molecule has 0 aliphatic carbocycles. The molecular weight excluding hydrogens is 238 g/mol. The average Bonchev–Trinajstić information content (AvgIpc) is 2.81. The Labute approximate surface area is 102 Å². The Morgan fingerprint density at radius 3 is 2.39 bits per heavy atom. The Hall–Kier alpha value is -2.90. The number of imidazole rings is 1. The van der Waals surface area contributed by atoms with Crippen molar-refractivity contribution in [1.29, 1.82) is 5.41 Å². The van der Waals surface area contributed by atoms with Gasteiger partial charge in [-0.3, -0.25) is 5.41 Å². The summed E-state index contributed by atoms with van der Waals surface area (Å²) in [6.45, 7) is 0. The highest BCUT2D eigenvalue weighted by atomic mass is 16.9. The molecule has 0 saturated carbocycles. The van der Waals surface area contributed by atoms with Crippen LogP contribution in [-0.4, -0.2) is 26.1 Å². The molecule has 0 saturated heterocycles. The number of nitrogens with one attached hydrogen (secondary N) is 2. The SMILES string of the molecule is N=C(N)c1ccc(-c2cnc[nH]2)cc1.O=[N+]([O-])O. The van der Waals surface area contributed by atoms with Gasteiger partial charge in [-0.2, -0.15) is 0 Å². The van der Waals surface area contributed by atoms with Gasteiger partial charge in [0.25, 0.3) is 5.09 Å². The predicted octanol–water partition coefficient (Wildman–Crippen LogP) is 1.01. The minimum absolute atomic E-state index is 0.0844. The molecule has 8 nitrogen and oxygen atoms in total. The Kier molecular flexibility index (Phi) is 4.38. The van der Waals surface area contributed by atoms with Gasteiger partial charge in [-0.15, -0.1) is 10.1 Å². The van der Waals surface area contributed by atoms with Crippen LogP contribution in [0.5, 0.6) is 0 Å². The molecular formula is C10H11N5O3.